The summed E-state index contributed by atoms with van der Waals surface area (Å²) in [4.78, 5) is 16.6. The molecule has 0 unspecified atom stereocenters. The van der Waals surface area contributed by atoms with Crippen LogP contribution in [0.15, 0.2) is 48.8 Å². The largest absolute Gasteiger partial charge is 0.288 e. The van der Waals surface area contributed by atoms with Gasteiger partial charge in [-0.05, 0) is 23.9 Å². The van der Waals surface area contributed by atoms with Crippen LogP contribution < -0.4 is 0 Å². The molecule has 21 heavy (non-hydrogen) atoms. The summed E-state index contributed by atoms with van der Waals surface area (Å²) in [6.45, 7) is 1.49. The standard InChI is InChI=1S/C17H11F2NO/c1-10-6-13(16(19)7-15(10)18)17(21)14-9-20-8-11-4-2-3-5-12(11)14/h2-9H,1H3. The van der Waals surface area contributed by atoms with Gasteiger partial charge in [0.1, 0.15) is 11.6 Å². The zero-order valence-electron chi connectivity index (χ0n) is 11.2. The quantitative estimate of drug-likeness (QED) is 0.664. The maximum Gasteiger partial charge on any atom is 0.198 e. The Morgan fingerprint density at radius 2 is 1.76 bits per heavy atom. The number of aromatic nitrogens is 1. The normalized spacial score (nSPS) is 10.8. The van der Waals surface area contributed by atoms with Crippen molar-refractivity contribution in [3.63, 3.8) is 0 Å². The molecule has 0 aliphatic carbocycles. The van der Waals surface area contributed by atoms with Gasteiger partial charge in [0, 0.05) is 29.4 Å². The van der Waals surface area contributed by atoms with Gasteiger partial charge in [-0.3, -0.25) is 9.78 Å². The lowest BCUT2D eigenvalue weighted by molar-refractivity contribution is 0.103. The number of hydrogen-bond acceptors (Lipinski definition) is 2. The SMILES string of the molecule is Cc1cc(C(=O)c2cncc3ccccc23)c(F)cc1F. The van der Waals surface area contributed by atoms with Crippen molar-refractivity contribution < 1.29 is 13.6 Å². The van der Waals surface area contributed by atoms with E-state index >= 15 is 0 Å². The van der Waals surface area contributed by atoms with Crippen LogP contribution in [0.2, 0.25) is 0 Å². The predicted molar refractivity (Wildman–Crippen MR) is 76.3 cm³/mol. The number of pyridine rings is 1. The minimum Gasteiger partial charge on any atom is -0.288 e. The number of carbonyl (C=O) groups is 1. The molecule has 2 aromatic carbocycles. The van der Waals surface area contributed by atoms with E-state index in [2.05, 4.69) is 4.98 Å². The monoisotopic (exact) mass is 283 g/mol. The Balaban J connectivity index is 2.20. The second-order valence-corrected chi connectivity index (χ2v) is 4.82. The summed E-state index contributed by atoms with van der Waals surface area (Å²) in [5, 5.41) is 1.49. The zero-order chi connectivity index (χ0) is 15.0. The van der Waals surface area contributed by atoms with E-state index in [1.54, 1.807) is 18.3 Å². The molecule has 0 atom stereocenters. The third-order valence-electron chi connectivity index (χ3n) is 3.41. The third kappa shape index (κ3) is 2.29. The van der Waals surface area contributed by atoms with Gasteiger partial charge in [0.2, 0.25) is 0 Å². The Kier molecular flexibility index (Phi) is 3.22. The van der Waals surface area contributed by atoms with Gasteiger partial charge >= 0.3 is 0 Å². The van der Waals surface area contributed by atoms with Gasteiger partial charge in [0.05, 0.1) is 5.56 Å². The smallest absolute Gasteiger partial charge is 0.198 e. The molecule has 2 nitrogen and oxygen atoms in total. The fraction of sp³-hybridized carbons (Fsp3) is 0.0588. The van der Waals surface area contributed by atoms with Crippen LogP contribution in [0.1, 0.15) is 21.5 Å². The fourth-order valence-electron chi connectivity index (χ4n) is 2.27. The first-order valence-electron chi connectivity index (χ1n) is 6.41. The lowest BCUT2D eigenvalue weighted by atomic mass is 9.98. The molecule has 0 radical (unpaired) electrons. The molecular formula is C17H11F2NO. The van der Waals surface area contributed by atoms with E-state index in [0.717, 1.165) is 11.5 Å². The minimum atomic E-state index is -0.865. The van der Waals surface area contributed by atoms with Gasteiger partial charge in [-0.1, -0.05) is 24.3 Å². The number of fused-ring (bicyclic) bond motifs is 1. The van der Waals surface area contributed by atoms with Crippen LogP contribution in [0.25, 0.3) is 10.8 Å². The summed E-state index contributed by atoms with van der Waals surface area (Å²) in [6, 6.07) is 9.20. The van der Waals surface area contributed by atoms with Gasteiger partial charge in [0.25, 0.3) is 0 Å². The first-order chi connectivity index (χ1) is 10.1. The lowest BCUT2D eigenvalue weighted by Gasteiger charge is -2.07. The number of hydrogen-bond donors (Lipinski definition) is 0. The summed E-state index contributed by atoms with van der Waals surface area (Å²) < 4.78 is 27.2. The molecule has 0 bridgehead atoms. The van der Waals surface area contributed by atoms with Gasteiger partial charge < -0.3 is 0 Å². The van der Waals surface area contributed by atoms with Crippen molar-refractivity contribution in [1.29, 1.82) is 0 Å². The van der Waals surface area contributed by atoms with Crippen LogP contribution in [0.3, 0.4) is 0 Å². The lowest BCUT2D eigenvalue weighted by Crippen LogP contribution is -2.07. The summed E-state index contributed by atoms with van der Waals surface area (Å²) in [6.07, 6.45) is 3.04. The summed E-state index contributed by atoms with van der Waals surface area (Å²) in [5.74, 6) is -2.03. The molecule has 104 valence electrons. The maximum absolute atomic E-state index is 13.9. The minimum absolute atomic E-state index is 0.146. The van der Waals surface area contributed by atoms with Gasteiger partial charge in [0.15, 0.2) is 5.78 Å². The average Bonchev–Trinajstić information content (AvgIpc) is 2.49. The van der Waals surface area contributed by atoms with E-state index in [1.165, 1.54) is 19.2 Å². The molecule has 1 aromatic heterocycles. The van der Waals surface area contributed by atoms with Gasteiger partial charge in [-0.2, -0.15) is 0 Å². The highest BCUT2D eigenvalue weighted by atomic mass is 19.1. The average molecular weight is 283 g/mol. The van der Waals surface area contributed by atoms with E-state index in [1.807, 2.05) is 12.1 Å². The van der Waals surface area contributed by atoms with Crippen molar-refractivity contribution in [3.05, 3.63) is 77.1 Å². The number of benzene rings is 2. The van der Waals surface area contributed by atoms with Crippen LogP contribution in [0.5, 0.6) is 0 Å². The summed E-state index contributed by atoms with van der Waals surface area (Å²) in [5.41, 5.74) is 0.387. The van der Waals surface area contributed by atoms with E-state index in [4.69, 9.17) is 0 Å². The van der Waals surface area contributed by atoms with Gasteiger partial charge in [-0.15, -0.1) is 0 Å². The Labute approximate surface area is 120 Å². The molecule has 0 amide bonds. The molecule has 1 heterocycles. The van der Waals surface area contributed by atoms with E-state index in [-0.39, 0.29) is 11.1 Å². The Bertz CT molecular complexity index is 853. The first-order valence-corrected chi connectivity index (χ1v) is 6.41. The number of ketones is 1. The van der Waals surface area contributed by atoms with Crippen LogP contribution in [0, 0.1) is 18.6 Å². The van der Waals surface area contributed by atoms with Crippen molar-refractivity contribution in [3.8, 4) is 0 Å². The maximum atomic E-state index is 13.9. The molecule has 0 saturated heterocycles. The molecule has 0 aliphatic rings. The molecular weight excluding hydrogens is 272 g/mol. The van der Waals surface area contributed by atoms with Crippen LogP contribution >= 0.6 is 0 Å². The van der Waals surface area contributed by atoms with Crippen molar-refractivity contribution in [2.75, 3.05) is 0 Å². The highest BCUT2D eigenvalue weighted by Gasteiger charge is 2.18. The third-order valence-corrected chi connectivity index (χ3v) is 3.41. The zero-order valence-corrected chi connectivity index (χ0v) is 11.2. The van der Waals surface area contributed by atoms with Crippen LogP contribution in [0.4, 0.5) is 8.78 Å². The molecule has 0 fully saturated rings. The topological polar surface area (TPSA) is 30.0 Å². The number of carbonyl (C=O) groups excluding carboxylic acids is 1. The van der Waals surface area contributed by atoms with Crippen LogP contribution in [-0.4, -0.2) is 10.8 Å². The van der Waals surface area contributed by atoms with Gasteiger partial charge in [-0.25, -0.2) is 8.78 Å². The molecule has 0 spiro atoms. The molecule has 3 aromatic rings. The van der Waals surface area contributed by atoms with Crippen molar-refractivity contribution in [2.45, 2.75) is 6.92 Å². The summed E-state index contributed by atoms with van der Waals surface area (Å²) >= 11 is 0. The van der Waals surface area contributed by atoms with Crippen molar-refractivity contribution >= 4 is 16.6 Å². The highest BCUT2D eigenvalue weighted by molar-refractivity contribution is 6.16. The Morgan fingerprint density at radius 3 is 2.57 bits per heavy atom. The Morgan fingerprint density at radius 1 is 1.00 bits per heavy atom. The molecule has 4 heteroatoms. The number of halogens is 2. The van der Waals surface area contributed by atoms with E-state index < -0.39 is 17.4 Å². The molecule has 0 saturated carbocycles. The molecule has 0 N–H and O–H groups in total. The fourth-order valence-corrected chi connectivity index (χ4v) is 2.27. The number of nitrogens with zero attached hydrogens (tertiary/aromatic N) is 1. The second kappa shape index (κ2) is 5.05. The van der Waals surface area contributed by atoms with Crippen LogP contribution in [-0.2, 0) is 0 Å². The van der Waals surface area contributed by atoms with E-state index in [0.29, 0.717) is 10.9 Å². The second-order valence-electron chi connectivity index (χ2n) is 4.82. The molecule has 0 aliphatic heterocycles. The molecule has 3 rings (SSSR count). The van der Waals surface area contributed by atoms with E-state index in [9.17, 15) is 13.6 Å². The number of rotatable bonds is 2. The highest BCUT2D eigenvalue weighted by Crippen LogP contribution is 2.23. The first kappa shape index (κ1) is 13.4. The predicted octanol–water partition coefficient (Wildman–Crippen LogP) is 4.05. The Hall–Kier alpha value is -2.62. The summed E-state index contributed by atoms with van der Waals surface area (Å²) in [7, 11) is 0. The van der Waals surface area contributed by atoms with Crippen molar-refractivity contribution in [1.82, 2.24) is 4.98 Å². The van der Waals surface area contributed by atoms with Crippen molar-refractivity contribution in [2.24, 2.45) is 0 Å². The number of aryl methyl sites for hydroxylation is 1.